The van der Waals surface area contributed by atoms with E-state index in [1.165, 1.54) is 17.5 Å². The molecule has 0 radical (unpaired) electrons. The first-order valence-electron chi connectivity index (χ1n) is 4.74. The van der Waals surface area contributed by atoms with Gasteiger partial charge in [-0.1, -0.05) is 11.6 Å². The van der Waals surface area contributed by atoms with Crippen molar-refractivity contribution in [1.82, 2.24) is 10.4 Å². The van der Waals surface area contributed by atoms with Gasteiger partial charge in [0, 0.05) is 17.3 Å². The number of halogens is 1. The highest BCUT2D eigenvalue weighted by atomic mass is 35.5. The summed E-state index contributed by atoms with van der Waals surface area (Å²) in [5.41, 5.74) is 2.88. The molecule has 2 aromatic rings. The number of hydrogen-bond acceptors (Lipinski definition) is 4. The van der Waals surface area contributed by atoms with Crippen LogP contribution in [-0.4, -0.2) is 17.1 Å². The Hall–Kier alpha value is -1.72. The molecule has 0 saturated carbocycles. The minimum Gasteiger partial charge on any atom is -0.267 e. The standard InChI is InChI=1S/C11H8ClN3OS/c12-10-4-3-9(17-10)7-14-15-11(16)8-2-1-5-13-6-8/h1-7H,(H,15,16). The summed E-state index contributed by atoms with van der Waals surface area (Å²) < 4.78 is 0.685. The predicted octanol–water partition coefficient (Wildman–Crippen LogP) is 2.56. The molecule has 6 heteroatoms. The van der Waals surface area contributed by atoms with Crippen molar-refractivity contribution in [2.24, 2.45) is 5.10 Å². The van der Waals surface area contributed by atoms with E-state index in [0.29, 0.717) is 9.90 Å². The molecule has 0 aliphatic carbocycles. The smallest absolute Gasteiger partial charge is 0.267 e. The van der Waals surface area contributed by atoms with E-state index in [1.54, 1.807) is 30.6 Å². The maximum absolute atomic E-state index is 11.6. The van der Waals surface area contributed by atoms with E-state index >= 15 is 0 Å². The van der Waals surface area contributed by atoms with Crippen LogP contribution in [0.2, 0.25) is 4.34 Å². The molecule has 0 aliphatic heterocycles. The first-order valence-corrected chi connectivity index (χ1v) is 5.94. The molecule has 2 rings (SSSR count). The lowest BCUT2D eigenvalue weighted by Gasteiger charge is -1.97. The minimum absolute atomic E-state index is 0.294. The van der Waals surface area contributed by atoms with Crippen molar-refractivity contribution in [2.45, 2.75) is 0 Å². The Bertz CT molecular complexity index is 539. The molecule has 0 atom stereocenters. The Balaban J connectivity index is 1.95. The molecule has 0 aliphatic rings. The van der Waals surface area contributed by atoms with Crippen LogP contribution < -0.4 is 5.43 Å². The van der Waals surface area contributed by atoms with Crippen LogP contribution >= 0.6 is 22.9 Å². The molecule has 1 N–H and O–H groups in total. The molecule has 0 fully saturated rings. The summed E-state index contributed by atoms with van der Waals surface area (Å²) in [6, 6.07) is 6.96. The van der Waals surface area contributed by atoms with Crippen molar-refractivity contribution >= 4 is 35.1 Å². The lowest BCUT2D eigenvalue weighted by molar-refractivity contribution is 0.0955. The average Bonchev–Trinajstić information content (AvgIpc) is 2.76. The second-order valence-corrected chi connectivity index (χ2v) is 4.83. The number of hydrogen-bond donors (Lipinski definition) is 1. The van der Waals surface area contributed by atoms with Gasteiger partial charge in [-0.05, 0) is 24.3 Å². The second-order valence-electron chi connectivity index (χ2n) is 3.08. The maximum Gasteiger partial charge on any atom is 0.272 e. The highest BCUT2D eigenvalue weighted by molar-refractivity contribution is 7.17. The van der Waals surface area contributed by atoms with Gasteiger partial charge in [-0.3, -0.25) is 9.78 Å². The molecule has 1 amide bonds. The Labute approximate surface area is 107 Å². The number of rotatable bonds is 3. The zero-order chi connectivity index (χ0) is 12.1. The molecule has 86 valence electrons. The van der Waals surface area contributed by atoms with Crippen LogP contribution in [0, 0.1) is 0 Å². The van der Waals surface area contributed by atoms with Crippen LogP contribution in [0.15, 0.2) is 41.8 Å². The monoisotopic (exact) mass is 265 g/mol. The fourth-order valence-corrected chi connectivity index (χ4v) is 2.05. The van der Waals surface area contributed by atoms with Gasteiger partial charge in [-0.2, -0.15) is 5.10 Å². The summed E-state index contributed by atoms with van der Waals surface area (Å²) in [5.74, 6) is -0.294. The van der Waals surface area contributed by atoms with Gasteiger partial charge in [0.25, 0.3) is 5.91 Å². The van der Waals surface area contributed by atoms with Gasteiger partial charge in [-0.25, -0.2) is 5.43 Å². The first-order chi connectivity index (χ1) is 8.25. The molecule has 0 bridgehead atoms. The van der Waals surface area contributed by atoms with Crippen LogP contribution in [0.1, 0.15) is 15.2 Å². The van der Waals surface area contributed by atoms with Crippen LogP contribution in [0.3, 0.4) is 0 Å². The highest BCUT2D eigenvalue weighted by Crippen LogP contribution is 2.19. The van der Waals surface area contributed by atoms with E-state index < -0.39 is 0 Å². The summed E-state index contributed by atoms with van der Waals surface area (Å²) in [7, 11) is 0. The van der Waals surface area contributed by atoms with E-state index in [1.807, 2.05) is 6.07 Å². The molecule has 2 aromatic heterocycles. The predicted molar refractivity (Wildman–Crippen MR) is 68.6 cm³/mol. The molecule has 0 spiro atoms. The number of nitrogens with one attached hydrogen (secondary N) is 1. The van der Waals surface area contributed by atoms with Crippen LogP contribution in [0.4, 0.5) is 0 Å². The first kappa shape index (κ1) is 11.8. The molecular formula is C11H8ClN3OS. The molecule has 2 heterocycles. The largest absolute Gasteiger partial charge is 0.272 e. The highest BCUT2D eigenvalue weighted by Gasteiger charge is 2.02. The normalized spacial score (nSPS) is 10.6. The van der Waals surface area contributed by atoms with Crippen molar-refractivity contribution in [2.75, 3.05) is 0 Å². The van der Waals surface area contributed by atoms with Gasteiger partial charge < -0.3 is 0 Å². The Morgan fingerprint density at radius 2 is 2.35 bits per heavy atom. The van der Waals surface area contributed by atoms with Crippen LogP contribution in [0.5, 0.6) is 0 Å². The Kier molecular flexibility index (Phi) is 3.85. The summed E-state index contributed by atoms with van der Waals surface area (Å²) >= 11 is 7.15. The molecule has 0 saturated heterocycles. The fraction of sp³-hybridized carbons (Fsp3) is 0. The number of hydrazone groups is 1. The van der Waals surface area contributed by atoms with E-state index in [0.717, 1.165) is 4.88 Å². The van der Waals surface area contributed by atoms with Gasteiger partial charge >= 0.3 is 0 Å². The Morgan fingerprint density at radius 1 is 1.47 bits per heavy atom. The fourth-order valence-electron chi connectivity index (χ4n) is 1.11. The van der Waals surface area contributed by atoms with Gasteiger partial charge in [0.1, 0.15) is 0 Å². The number of carbonyl (C=O) groups excluding carboxylic acids is 1. The van der Waals surface area contributed by atoms with E-state index in [9.17, 15) is 4.79 Å². The van der Waals surface area contributed by atoms with Gasteiger partial charge in [0.05, 0.1) is 16.1 Å². The number of aromatic nitrogens is 1. The molecule has 17 heavy (non-hydrogen) atoms. The van der Waals surface area contributed by atoms with Gasteiger partial charge in [0.2, 0.25) is 0 Å². The van der Waals surface area contributed by atoms with E-state index in [2.05, 4.69) is 15.5 Å². The third-order valence-corrected chi connectivity index (χ3v) is 3.04. The maximum atomic E-state index is 11.6. The van der Waals surface area contributed by atoms with Crippen molar-refractivity contribution in [3.63, 3.8) is 0 Å². The summed E-state index contributed by atoms with van der Waals surface area (Å²) in [6.07, 6.45) is 4.63. The summed E-state index contributed by atoms with van der Waals surface area (Å²) in [6.45, 7) is 0. The molecule has 0 aromatic carbocycles. The third kappa shape index (κ3) is 3.37. The molecule has 4 nitrogen and oxygen atoms in total. The lowest BCUT2D eigenvalue weighted by atomic mass is 10.3. The van der Waals surface area contributed by atoms with E-state index in [-0.39, 0.29) is 5.91 Å². The lowest BCUT2D eigenvalue weighted by Crippen LogP contribution is -2.17. The summed E-state index contributed by atoms with van der Waals surface area (Å²) in [5, 5.41) is 3.83. The zero-order valence-corrected chi connectivity index (χ0v) is 10.2. The number of thiophene rings is 1. The van der Waals surface area contributed by atoms with Crippen LogP contribution in [-0.2, 0) is 0 Å². The SMILES string of the molecule is O=C(NN=Cc1ccc(Cl)s1)c1cccnc1. The van der Waals surface area contributed by atoms with E-state index in [4.69, 9.17) is 11.6 Å². The van der Waals surface area contributed by atoms with Crippen molar-refractivity contribution < 1.29 is 4.79 Å². The molecule has 0 unspecified atom stereocenters. The topological polar surface area (TPSA) is 54.4 Å². The quantitative estimate of drug-likeness (QED) is 0.685. The number of pyridine rings is 1. The van der Waals surface area contributed by atoms with Gasteiger partial charge in [0.15, 0.2) is 0 Å². The third-order valence-electron chi connectivity index (χ3n) is 1.88. The van der Waals surface area contributed by atoms with Crippen molar-refractivity contribution in [3.8, 4) is 0 Å². The number of amides is 1. The van der Waals surface area contributed by atoms with Crippen molar-refractivity contribution in [1.29, 1.82) is 0 Å². The van der Waals surface area contributed by atoms with Crippen LogP contribution in [0.25, 0.3) is 0 Å². The second kappa shape index (κ2) is 5.56. The number of carbonyl (C=O) groups is 1. The Morgan fingerprint density at radius 3 is 3.00 bits per heavy atom. The van der Waals surface area contributed by atoms with Gasteiger partial charge in [-0.15, -0.1) is 11.3 Å². The number of nitrogens with zero attached hydrogens (tertiary/aromatic N) is 2. The zero-order valence-electron chi connectivity index (χ0n) is 8.63. The summed E-state index contributed by atoms with van der Waals surface area (Å²) in [4.78, 5) is 16.3. The average molecular weight is 266 g/mol. The van der Waals surface area contributed by atoms with Crippen molar-refractivity contribution in [3.05, 3.63) is 51.4 Å². The molecular weight excluding hydrogens is 258 g/mol. The minimum atomic E-state index is -0.294.